The van der Waals surface area contributed by atoms with E-state index in [1.54, 1.807) is 17.1 Å². The third kappa shape index (κ3) is 6.59. The molecule has 0 bridgehead atoms. The summed E-state index contributed by atoms with van der Waals surface area (Å²) < 4.78 is 29.2. The van der Waals surface area contributed by atoms with Gasteiger partial charge in [-0.05, 0) is 54.7 Å². The zero-order valence-corrected chi connectivity index (χ0v) is 19.6. The third-order valence-electron chi connectivity index (χ3n) is 5.21. The number of halogens is 3. The lowest BCUT2D eigenvalue weighted by atomic mass is 9.78. The molecule has 1 amide bonds. The van der Waals surface area contributed by atoms with Crippen LogP contribution in [0.4, 0.5) is 14.5 Å². The Morgan fingerprint density at radius 3 is 2.75 bits per heavy atom. The predicted octanol–water partition coefficient (Wildman–Crippen LogP) is 5.75. The summed E-state index contributed by atoms with van der Waals surface area (Å²) in [5, 5.41) is 9.92. The Morgan fingerprint density at radius 2 is 2.06 bits per heavy atom. The molecule has 2 aromatic rings. The fourth-order valence-corrected chi connectivity index (χ4v) is 4.36. The van der Waals surface area contributed by atoms with E-state index >= 15 is 0 Å². The molecule has 1 atom stereocenters. The van der Waals surface area contributed by atoms with E-state index in [9.17, 15) is 13.6 Å². The van der Waals surface area contributed by atoms with Gasteiger partial charge < -0.3 is 10.1 Å². The largest absolute Gasteiger partial charge is 0.435 e. The van der Waals surface area contributed by atoms with E-state index < -0.39 is 6.61 Å². The molecule has 0 fully saturated rings. The first kappa shape index (κ1) is 24.3. The molecule has 1 heterocycles. The normalized spacial score (nSPS) is 18.1. The fraction of sp³-hybridized carbons (Fsp3) is 0.391. The molecule has 0 aromatic heterocycles. The van der Waals surface area contributed by atoms with Crippen LogP contribution in [0, 0.1) is 5.41 Å². The maximum Gasteiger partial charge on any atom is 0.387 e. The first-order valence-electron chi connectivity index (χ1n) is 10.2. The van der Waals surface area contributed by atoms with Crippen molar-refractivity contribution in [3.05, 3.63) is 59.1 Å². The van der Waals surface area contributed by atoms with E-state index in [-0.39, 0.29) is 23.6 Å². The molecule has 0 saturated carbocycles. The molecular formula is C23H26ClF2N3O2S. The van der Waals surface area contributed by atoms with Gasteiger partial charge in [0.05, 0.1) is 5.71 Å². The molecule has 2 aromatic carbocycles. The number of carbonyl (C=O) groups excluding carboxylic acids is 1. The third-order valence-corrected chi connectivity index (χ3v) is 6.16. The van der Waals surface area contributed by atoms with Crippen LogP contribution in [0.2, 0.25) is 5.02 Å². The maximum absolute atomic E-state index is 12.6. The summed E-state index contributed by atoms with van der Waals surface area (Å²) in [6.07, 6.45) is 4.07. The SMILES string of the molecule is CSCCCC1(C)CN(CC(=O)Nc2cccc(OC(F)F)c2)N=C1c1ccc(Cl)cc1. The summed E-state index contributed by atoms with van der Waals surface area (Å²) in [6, 6.07) is 13.5. The van der Waals surface area contributed by atoms with Gasteiger partial charge in [-0.25, -0.2) is 0 Å². The number of thioether (sulfide) groups is 1. The lowest BCUT2D eigenvalue weighted by molar-refractivity contribution is -0.117. The minimum atomic E-state index is -2.92. The molecule has 1 unspecified atom stereocenters. The number of hydrogen-bond acceptors (Lipinski definition) is 5. The van der Waals surface area contributed by atoms with Crippen LogP contribution < -0.4 is 10.1 Å². The van der Waals surface area contributed by atoms with Crippen LogP contribution in [0.3, 0.4) is 0 Å². The number of amides is 1. The monoisotopic (exact) mass is 481 g/mol. The predicted molar refractivity (Wildman–Crippen MR) is 127 cm³/mol. The number of benzene rings is 2. The van der Waals surface area contributed by atoms with Gasteiger partial charge >= 0.3 is 6.61 Å². The second-order valence-electron chi connectivity index (χ2n) is 7.89. The zero-order chi connectivity index (χ0) is 23.1. The number of nitrogens with zero attached hydrogens (tertiary/aromatic N) is 2. The number of nitrogens with one attached hydrogen (secondary N) is 1. The van der Waals surface area contributed by atoms with Gasteiger partial charge in [0, 0.05) is 28.7 Å². The van der Waals surface area contributed by atoms with Crippen molar-refractivity contribution in [2.75, 3.05) is 30.4 Å². The van der Waals surface area contributed by atoms with E-state index in [0.29, 0.717) is 17.3 Å². The first-order valence-corrected chi connectivity index (χ1v) is 12.0. The number of hydrazone groups is 1. The molecule has 172 valence electrons. The summed E-state index contributed by atoms with van der Waals surface area (Å²) >= 11 is 7.86. The maximum atomic E-state index is 12.6. The molecule has 0 saturated heterocycles. The average molecular weight is 482 g/mol. The van der Waals surface area contributed by atoms with Crippen LogP contribution in [0.1, 0.15) is 25.3 Å². The van der Waals surface area contributed by atoms with Gasteiger partial charge in [-0.2, -0.15) is 25.6 Å². The van der Waals surface area contributed by atoms with Crippen molar-refractivity contribution in [1.29, 1.82) is 0 Å². The summed E-state index contributed by atoms with van der Waals surface area (Å²) in [7, 11) is 0. The van der Waals surface area contributed by atoms with Crippen LogP contribution in [0.15, 0.2) is 53.6 Å². The minimum Gasteiger partial charge on any atom is -0.435 e. The molecule has 1 N–H and O–H groups in total. The topological polar surface area (TPSA) is 53.9 Å². The van der Waals surface area contributed by atoms with Gasteiger partial charge in [-0.3, -0.25) is 9.80 Å². The van der Waals surface area contributed by atoms with Gasteiger partial charge in [0.25, 0.3) is 0 Å². The number of hydrogen-bond donors (Lipinski definition) is 1. The highest BCUT2D eigenvalue weighted by Gasteiger charge is 2.39. The van der Waals surface area contributed by atoms with Crippen LogP contribution in [0.25, 0.3) is 0 Å². The van der Waals surface area contributed by atoms with Gasteiger partial charge in [0.1, 0.15) is 12.3 Å². The lowest BCUT2D eigenvalue weighted by Crippen LogP contribution is -2.34. The van der Waals surface area contributed by atoms with E-state index in [2.05, 4.69) is 23.2 Å². The lowest BCUT2D eigenvalue weighted by Gasteiger charge is -2.26. The molecular weight excluding hydrogens is 456 g/mol. The van der Waals surface area contributed by atoms with Crippen molar-refractivity contribution >= 4 is 40.7 Å². The van der Waals surface area contributed by atoms with Gasteiger partial charge in [-0.15, -0.1) is 0 Å². The Bertz CT molecular complexity index is 959. The summed E-state index contributed by atoms with van der Waals surface area (Å²) in [5.74, 6) is 0.760. The van der Waals surface area contributed by atoms with E-state index in [0.717, 1.165) is 29.9 Å². The zero-order valence-electron chi connectivity index (χ0n) is 18.0. The van der Waals surface area contributed by atoms with Crippen molar-refractivity contribution in [2.45, 2.75) is 26.4 Å². The van der Waals surface area contributed by atoms with E-state index in [4.69, 9.17) is 16.7 Å². The van der Waals surface area contributed by atoms with Crippen molar-refractivity contribution in [1.82, 2.24) is 5.01 Å². The molecule has 3 rings (SSSR count). The highest BCUT2D eigenvalue weighted by molar-refractivity contribution is 7.98. The van der Waals surface area contributed by atoms with E-state index in [1.807, 2.05) is 36.0 Å². The van der Waals surface area contributed by atoms with Crippen LogP contribution in [-0.4, -0.2) is 48.3 Å². The first-order chi connectivity index (χ1) is 15.3. The van der Waals surface area contributed by atoms with E-state index in [1.165, 1.54) is 12.1 Å². The highest BCUT2D eigenvalue weighted by atomic mass is 35.5. The average Bonchev–Trinajstić information content (AvgIpc) is 3.04. The number of anilines is 1. The van der Waals surface area contributed by atoms with Crippen LogP contribution in [-0.2, 0) is 4.79 Å². The smallest absolute Gasteiger partial charge is 0.387 e. The van der Waals surface area contributed by atoms with Crippen LogP contribution >= 0.6 is 23.4 Å². The molecule has 0 aliphatic carbocycles. The molecule has 1 aliphatic heterocycles. The van der Waals surface area contributed by atoms with Gasteiger partial charge in [0.2, 0.25) is 5.91 Å². The molecule has 1 aliphatic rings. The summed E-state index contributed by atoms with van der Waals surface area (Å²) in [4.78, 5) is 12.6. The highest BCUT2D eigenvalue weighted by Crippen LogP contribution is 2.36. The minimum absolute atomic E-state index is 0.0108. The Kier molecular flexibility index (Phi) is 8.37. The van der Waals surface area contributed by atoms with Crippen molar-refractivity contribution in [3.8, 4) is 5.75 Å². The standard InChI is InChI=1S/C23H26ClF2N3O2S/c1-23(11-4-12-32-2)15-29(28-21(23)16-7-9-17(24)10-8-16)14-20(30)27-18-5-3-6-19(13-18)31-22(25)26/h3,5-10,13,22H,4,11-12,14-15H2,1-2H3,(H,27,30). The molecule has 0 radical (unpaired) electrons. The number of rotatable bonds is 10. The van der Waals surface area contributed by atoms with Gasteiger partial charge in [0.15, 0.2) is 0 Å². The number of carbonyl (C=O) groups is 1. The fourth-order valence-electron chi connectivity index (χ4n) is 3.80. The Labute approximate surface area is 196 Å². The Hall–Kier alpha value is -2.32. The Morgan fingerprint density at radius 1 is 1.31 bits per heavy atom. The second kappa shape index (κ2) is 11.0. The van der Waals surface area contributed by atoms with Crippen molar-refractivity contribution in [2.24, 2.45) is 10.5 Å². The van der Waals surface area contributed by atoms with Gasteiger partial charge in [-0.1, -0.05) is 36.7 Å². The van der Waals surface area contributed by atoms with Crippen molar-refractivity contribution < 1.29 is 18.3 Å². The van der Waals surface area contributed by atoms with Crippen LogP contribution in [0.5, 0.6) is 5.75 Å². The summed E-state index contributed by atoms with van der Waals surface area (Å²) in [5.41, 5.74) is 2.11. The second-order valence-corrected chi connectivity index (χ2v) is 9.31. The molecule has 32 heavy (non-hydrogen) atoms. The number of ether oxygens (including phenoxy) is 1. The van der Waals surface area contributed by atoms with Crippen molar-refractivity contribution in [3.63, 3.8) is 0 Å². The molecule has 9 heteroatoms. The quantitative estimate of drug-likeness (QED) is 0.439. The molecule has 5 nitrogen and oxygen atoms in total. The Balaban J connectivity index is 1.71. The molecule has 0 spiro atoms. The number of alkyl halides is 2. The summed E-state index contributed by atoms with van der Waals surface area (Å²) in [6.45, 7) is -0.0877.